The van der Waals surface area contributed by atoms with E-state index in [2.05, 4.69) is 10.3 Å². The van der Waals surface area contributed by atoms with Crippen LogP contribution in [-0.4, -0.2) is 19.2 Å². The minimum Gasteiger partial charge on any atom is -0.493 e. The monoisotopic (exact) mass is 264 g/mol. The van der Waals surface area contributed by atoms with Gasteiger partial charge in [-0.15, -0.1) is 11.3 Å². The summed E-state index contributed by atoms with van der Waals surface area (Å²) in [7, 11) is 3.28. The molecule has 1 aromatic carbocycles. The van der Waals surface area contributed by atoms with Crippen molar-refractivity contribution < 1.29 is 9.47 Å². The van der Waals surface area contributed by atoms with Crippen LogP contribution in [0.15, 0.2) is 23.8 Å². The van der Waals surface area contributed by atoms with Gasteiger partial charge in [-0.1, -0.05) is 0 Å². The molecule has 96 valence electrons. The van der Waals surface area contributed by atoms with E-state index in [0.717, 1.165) is 29.3 Å². The number of rotatable bonds is 5. The molecule has 18 heavy (non-hydrogen) atoms. The maximum absolute atomic E-state index is 5.29. The summed E-state index contributed by atoms with van der Waals surface area (Å²) in [6.07, 6.45) is 1.87. The molecular weight excluding hydrogens is 248 g/mol. The molecule has 0 aliphatic heterocycles. The lowest BCUT2D eigenvalue weighted by Crippen LogP contribution is -2.01. The predicted octanol–water partition coefficient (Wildman–Crippen LogP) is 3.08. The third-order valence-corrected chi connectivity index (χ3v) is 3.45. The number of benzene rings is 1. The van der Waals surface area contributed by atoms with Crippen molar-refractivity contribution in [3.63, 3.8) is 0 Å². The van der Waals surface area contributed by atoms with Gasteiger partial charge in [-0.3, -0.25) is 4.98 Å². The smallest absolute Gasteiger partial charge is 0.162 e. The van der Waals surface area contributed by atoms with Crippen LogP contribution >= 0.6 is 11.3 Å². The average Bonchev–Trinajstić information content (AvgIpc) is 2.90. The first-order valence-electron chi connectivity index (χ1n) is 5.58. The Morgan fingerprint density at radius 3 is 2.56 bits per heavy atom. The Labute approximate surface area is 111 Å². The second-order valence-corrected chi connectivity index (χ2v) is 4.81. The molecular formula is C13H16N2O2S. The van der Waals surface area contributed by atoms with Gasteiger partial charge in [0.2, 0.25) is 0 Å². The fourth-order valence-corrected chi connectivity index (χ4v) is 2.22. The van der Waals surface area contributed by atoms with Gasteiger partial charge in [-0.05, 0) is 18.6 Å². The first-order valence-corrected chi connectivity index (χ1v) is 6.46. The summed E-state index contributed by atoms with van der Waals surface area (Å²) in [5.74, 6) is 1.48. The van der Waals surface area contributed by atoms with Crippen molar-refractivity contribution in [2.24, 2.45) is 0 Å². The number of hydrogen-bond acceptors (Lipinski definition) is 5. The number of nitrogens with zero attached hydrogens (tertiary/aromatic N) is 1. The highest BCUT2D eigenvalue weighted by Gasteiger charge is 2.08. The fraction of sp³-hybridized carbons (Fsp3) is 0.308. The molecule has 0 unspecified atom stereocenters. The second kappa shape index (κ2) is 5.73. The lowest BCUT2D eigenvalue weighted by atomic mass is 10.1. The van der Waals surface area contributed by atoms with Crippen LogP contribution in [-0.2, 0) is 6.54 Å². The molecule has 2 rings (SSSR count). The van der Waals surface area contributed by atoms with Gasteiger partial charge < -0.3 is 14.8 Å². The van der Waals surface area contributed by atoms with Gasteiger partial charge in [0, 0.05) is 22.8 Å². The first-order chi connectivity index (χ1) is 8.74. The number of methoxy groups -OCH3 is 2. The maximum Gasteiger partial charge on any atom is 0.162 e. The molecule has 4 nitrogen and oxygen atoms in total. The summed E-state index contributed by atoms with van der Waals surface area (Å²) in [6, 6.07) is 3.92. The molecule has 0 atom stereocenters. The van der Waals surface area contributed by atoms with E-state index in [1.54, 1.807) is 25.6 Å². The molecule has 0 radical (unpaired) electrons. The molecule has 1 heterocycles. The summed E-state index contributed by atoms with van der Waals surface area (Å²) in [4.78, 5) is 5.25. The van der Waals surface area contributed by atoms with E-state index in [-0.39, 0.29) is 0 Å². The van der Waals surface area contributed by atoms with E-state index in [1.807, 2.05) is 30.8 Å². The van der Waals surface area contributed by atoms with Crippen molar-refractivity contribution in [2.75, 3.05) is 19.5 Å². The van der Waals surface area contributed by atoms with E-state index >= 15 is 0 Å². The minimum absolute atomic E-state index is 0.731. The van der Waals surface area contributed by atoms with Gasteiger partial charge >= 0.3 is 0 Å². The van der Waals surface area contributed by atoms with Gasteiger partial charge in [0.1, 0.15) is 0 Å². The Morgan fingerprint density at radius 1 is 1.22 bits per heavy atom. The number of ether oxygens (including phenoxy) is 2. The lowest BCUT2D eigenvalue weighted by molar-refractivity contribution is 0.355. The molecule has 0 saturated carbocycles. The van der Waals surface area contributed by atoms with Crippen LogP contribution in [0.1, 0.15) is 10.4 Å². The van der Waals surface area contributed by atoms with Gasteiger partial charge in [-0.2, -0.15) is 0 Å². The van der Waals surface area contributed by atoms with Crippen LogP contribution in [0, 0.1) is 6.92 Å². The van der Waals surface area contributed by atoms with Crippen LogP contribution < -0.4 is 14.8 Å². The number of aromatic nitrogens is 1. The third-order valence-electron chi connectivity index (χ3n) is 2.67. The van der Waals surface area contributed by atoms with Crippen molar-refractivity contribution >= 4 is 17.0 Å². The largest absolute Gasteiger partial charge is 0.493 e. The fourth-order valence-electron chi connectivity index (χ4n) is 1.68. The Balaban J connectivity index is 2.17. The third kappa shape index (κ3) is 2.73. The highest BCUT2D eigenvalue weighted by atomic mass is 32.1. The molecule has 0 saturated heterocycles. The van der Waals surface area contributed by atoms with Crippen LogP contribution in [0.25, 0.3) is 0 Å². The van der Waals surface area contributed by atoms with E-state index in [9.17, 15) is 0 Å². The van der Waals surface area contributed by atoms with Crippen molar-refractivity contribution in [1.29, 1.82) is 0 Å². The van der Waals surface area contributed by atoms with Crippen LogP contribution in [0.5, 0.6) is 11.5 Å². The Bertz CT molecular complexity index is 512. The standard InChI is InChI=1S/C13H16N2O2S/c1-9-4-12(16-2)13(17-3)5-11(9)15-7-10-6-14-8-18-10/h4-6,8,15H,7H2,1-3H3. The maximum atomic E-state index is 5.29. The number of aryl methyl sites for hydroxylation is 1. The molecule has 0 amide bonds. The summed E-state index contributed by atoms with van der Waals surface area (Å²) in [5.41, 5.74) is 4.00. The number of hydrogen-bond donors (Lipinski definition) is 1. The van der Waals surface area contributed by atoms with E-state index in [1.165, 1.54) is 4.88 Å². The summed E-state index contributed by atoms with van der Waals surface area (Å²) in [6.45, 7) is 2.80. The van der Waals surface area contributed by atoms with E-state index in [4.69, 9.17) is 9.47 Å². The highest BCUT2D eigenvalue weighted by molar-refractivity contribution is 7.09. The van der Waals surface area contributed by atoms with E-state index in [0.29, 0.717) is 0 Å². The Kier molecular flexibility index (Phi) is 4.04. The quantitative estimate of drug-likeness (QED) is 0.901. The Hall–Kier alpha value is -1.75. The molecule has 5 heteroatoms. The van der Waals surface area contributed by atoms with Gasteiger partial charge in [0.15, 0.2) is 11.5 Å². The molecule has 0 aliphatic rings. The van der Waals surface area contributed by atoms with Crippen molar-refractivity contribution in [3.05, 3.63) is 34.3 Å². The van der Waals surface area contributed by atoms with Crippen LogP contribution in [0.3, 0.4) is 0 Å². The van der Waals surface area contributed by atoms with Crippen molar-refractivity contribution in [2.45, 2.75) is 13.5 Å². The topological polar surface area (TPSA) is 43.4 Å². The van der Waals surface area contributed by atoms with Crippen molar-refractivity contribution in [3.8, 4) is 11.5 Å². The summed E-state index contributed by atoms with van der Waals surface area (Å²) < 4.78 is 10.6. The normalized spacial score (nSPS) is 10.2. The molecule has 0 spiro atoms. The number of thiazole rings is 1. The first kappa shape index (κ1) is 12.7. The van der Waals surface area contributed by atoms with Crippen molar-refractivity contribution in [1.82, 2.24) is 4.98 Å². The van der Waals surface area contributed by atoms with Gasteiger partial charge in [-0.25, -0.2) is 0 Å². The molecule has 0 aliphatic carbocycles. The van der Waals surface area contributed by atoms with Crippen LogP contribution in [0.4, 0.5) is 5.69 Å². The zero-order valence-corrected chi connectivity index (χ0v) is 11.5. The molecule has 0 fully saturated rings. The molecule has 1 aromatic heterocycles. The lowest BCUT2D eigenvalue weighted by Gasteiger charge is -2.13. The Morgan fingerprint density at radius 2 is 1.94 bits per heavy atom. The number of nitrogens with one attached hydrogen (secondary N) is 1. The van der Waals surface area contributed by atoms with Gasteiger partial charge in [0.05, 0.1) is 26.3 Å². The SMILES string of the molecule is COc1cc(C)c(NCc2cncs2)cc1OC. The summed E-state index contributed by atoms with van der Waals surface area (Å²) >= 11 is 1.64. The average molecular weight is 264 g/mol. The molecule has 2 aromatic rings. The zero-order chi connectivity index (χ0) is 13.0. The minimum atomic E-state index is 0.731. The summed E-state index contributed by atoms with van der Waals surface area (Å²) in [5, 5.41) is 3.38. The van der Waals surface area contributed by atoms with E-state index < -0.39 is 0 Å². The predicted molar refractivity (Wildman–Crippen MR) is 73.7 cm³/mol. The van der Waals surface area contributed by atoms with Crippen LogP contribution in [0.2, 0.25) is 0 Å². The number of anilines is 1. The molecule has 1 N–H and O–H groups in total. The zero-order valence-electron chi connectivity index (χ0n) is 10.7. The molecule has 0 bridgehead atoms. The highest BCUT2D eigenvalue weighted by Crippen LogP contribution is 2.33. The second-order valence-electron chi connectivity index (χ2n) is 3.84. The van der Waals surface area contributed by atoms with Gasteiger partial charge in [0.25, 0.3) is 0 Å².